The van der Waals surface area contributed by atoms with Crippen molar-refractivity contribution in [2.45, 2.75) is 71.9 Å². The maximum Gasteiger partial charge on any atom is 0.410 e. The number of hydrogen-bond donors (Lipinski definition) is 1. The summed E-state index contributed by atoms with van der Waals surface area (Å²) in [5, 5.41) is 14.8. The van der Waals surface area contributed by atoms with Gasteiger partial charge in [-0.15, -0.1) is 0 Å². The first-order valence-electron chi connectivity index (χ1n) is 15.2. The lowest BCUT2D eigenvalue weighted by Crippen LogP contribution is -2.47. The third kappa shape index (κ3) is 7.43. The van der Waals surface area contributed by atoms with Crippen LogP contribution in [0.25, 0.3) is 22.0 Å². The average Bonchev–Trinajstić information content (AvgIpc) is 3.01. The number of amides is 1. The molecule has 0 bridgehead atoms. The number of carbonyl (C=O) groups excluding carboxylic acids is 1. The Morgan fingerprint density at radius 2 is 1.95 bits per heavy atom. The van der Waals surface area contributed by atoms with Crippen LogP contribution in [0.2, 0.25) is 0 Å². The smallest absolute Gasteiger partial charge is 0.410 e. The highest BCUT2D eigenvalue weighted by molar-refractivity contribution is 5.92. The second-order valence-electron chi connectivity index (χ2n) is 12.4. The van der Waals surface area contributed by atoms with E-state index in [2.05, 4.69) is 45.6 Å². The van der Waals surface area contributed by atoms with Crippen molar-refractivity contribution in [3.8, 4) is 29.0 Å². The molecule has 0 unspecified atom stereocenters. The van der Waals surface area contributed by atoms with E-state index in [0.717, 1.165) is 53.3 Å². The van der Waals surface area contributed by atoms with E-state index in [-0.39, 0.29) is 18.1 Å². The lowest BCUT2D eigenvalue weighted by molar-refractivity contribution is 0.0206. The zero-order valence-electron chi connectivity index (χ0n) is 26.1. The Labute approximate surface area is 259 Å². The Bertz CT molecular complexity index is 1680. The van der Waals surface area contributed by atoms with Gasteiger partial charge in [-0.3, -0.25) is 0 Å². The molecule has 4 aromatic rings. The van der Waals surface area contributed by atoms with Gasteiger partial charge in [-0.1, -0.05) is 30.3 Å². The Morgan fingerprint density at radius 3 is 2.75 bits per heavy atom. The Balaban J connectivity index is 1.38. The minimum absolute atomic E-state index is 0.000173. The van der Waals surface area contributed by atoms with E-state index < -0.39 is 5.60 Å². The van der Waals surface area contributed by atoms with Crippen molar-refractivity contribution >= 4 is 22.8 Å². The number of carbonyl (C=O) groups is 1. The van der Waals surface area contributed by atoms with E-state index in [1.165, 1.54) is 5.56 Å². The topological polar surface area (TPSA) is 113 Å². The van der Waals surface area contributed by atoms with E-state index >= 15 is 0 Å². The molecule has 2 atom stereocenters. The van der Waals surface area contributed by atoms with Crippen molar-refractivity contribution in [3.05, 3.63) is 72.1 Å². The molecule has 1 amide bonds. The van der Waals surface area contributed by atoms with Crippen LogP contribution in [0.3, 0.4) is 0 Å². The third-order valence-corrected chi connectivity index (χ3v) is 7.67. The van der Waals surface area contributed by atoms with Gasteiger partial charge in [0.05, 0.1) is 17.3 Å². The number of rotatable bonds is 8. The maximum atomic E-state index is 12.6. The van der Waals surface area contributed by atoms with Gasteiger partial charge in [0.1, 0.15) is 11.4 Å². The highest BCUT2D eigenvalue weighted by Crippen LogP contribution is 2.38. The number of benzene rings is 2. The molecule has 1 fully saturated rings. The van der Waals surface area contributed by atoms with Gasteiger partial charge >= 0.3 is 6.09 Å². The molecule has 2 aromatic heterocycles. The standard InChI is InChI=1S/C35H40N6O3/c1-23(21-36)13-15-25-9-6-11-28-27(25)16-14-24(2)31(28)43-32-29(12-7-18-37-32)30-17-19-38-33(40-30)39-26-10-8-20-41(22-26)34(42)44-35(3,4)5/h6-7,9,11-12,14,16-19,23,26H,8,10,13,15,20,22H2,1-5H3,(H,38,39,40)/t23-,26+/m1/s1. The van der Waals surface area contributed by atoms with E-state index in [1.54, 1.807) is 17.3 Å². The van der Waals surface area contributed by atoms with Crippen LogP contribution in [0.4, 0.5) is 10.7 Å². The lowest BCUT2D eigenvalue weighted by Gasteiger charge is -2.34. The number of anilines is 1. The highest BCUT2D eigenvalue weighted by Gasteiger charge is 2.28. The number of fused-ring (bicyclic) bond motifs is 1. The monoisotopic (exact) mass is 592 g/mol. The molecule has 0 saturated carbocycles. The van der Waals surface area contributed by atoms with Crippen LogP contribution in [0.5, 0.6) is 11.6 Å². The molecule has 1 saturated heterocycles. The average molecular weight is 593 g/mol. The molecule has 228 valence electrons. The zero-order chi connectivity index (χ0) is 31.3. The van der Waals surface area contributed by atoms with Gasteiger partial charge < -0.3 is 19.7 Å². The molecule has 0 radical (unpaired) electrons. The largest absolute Gasteiger partial charge is 0.444 e. The second-order valence-corrected chi connectivity index (χ2v) is 12.4. The summed E-state index contributed by atoms with van der Waals surface area (Å²) in [6, 6.07) is 18.4. The summed E-state index contributed by atoms with van der Waals surface area (Å²) in [5.41, 5.74) is 3.06. The molecule has 9 heteroatoms. The lowest BCUT2D eigenvalue weighted by atomic mass is 9.96. The summed E-state index contributed by atoms with van der Waals surface area (Å²) in [7, 11) is 0. The number of pyridine rings is 1. The Hall–Kier alpha value is -4.71. The van der Waals surface area contributed by atoms with Crippen molar-refractivity contribution in [1.29, 1.82) is 5.26 Å². The first kappa shape index (κ1) is 30.7. The third-order valence-electron chi connectivity index (χ3n) is 7.67. The van der Waals surface area contributed by atoms with Gasteiger partial charge in [0, 0.05) is 42.8 Å². The van der Waals surface area contributed by atoms with Crippen LogP contribution in [0.1, 0.15) is 58.1 Å². The molecule has 2 aromatic carbocycles. The first-order valence-corrected chi connectivity index (χ1v) is 15.2. The minimum Gasteiger partial charge on any atom is -0.444 e. The van der Waals surface area contributed by atoms with Gasteiger partial charge in [-0.05, 0) is 95.0 Å². The van der Waals surface area contributed by atoms with Crippen LogP contribution in [0, 0.1) is 24.2 Å². The van der Waals surface area contributed by atoms with Crippen molar-refractivity contribution in [2.24, 2.45) is 5.92 Å². The van der Waals surface area contributed by atoms with Gasteiger partial charge in [-0.2, -0.15) is 5.26 Å². The number of nitriles is 1. The predicted molar refractivity (Wildman–Crippen MR) is 172 cm³/mol. The molecule has 1 aliphatic rings. The predicted octanol–water partition coefficient (Wildman–Crippen LogP) is 7.70. The second kappa shape index (κ2) is 13.3. The number of likely N-dealkylation sites (tertiary alicyclic amines) is 1. The van der Waals surface area contributed by atoms with Crippen LogP contribution >= 0.6 is 0 Å². The fourth-order valence-electron chi connectivity index (χ4n) is 5.41. The zero-order valence-corrected chi connectivity index (χ0v) is 26.1. The van der Waals surface area contributed by atoms with Crippen molar-refractivity contribution in [1.82, 2.24) is 19.9 Å². The number of aromatic nitrogens is 3. The van der Waals surface area contributed by atoms with Crippen molar-refractivity contribution in [3.63, 3.8) is 0 Å². The summed E-state index contributed by atoms with van der Waals surface area (Å²) < 4.78 is 12.2. The number of ether oxygens (including phenoxy) is 2. The SMILES string of the molecule is Cc1ccc2c(CC[C@@H](C)C#N)cccc2c1Oc1ncccc1-c1ccnc(N[C@H]2CCCN(C(=O)OC(C)(C)C)C2)n1. The Morgan fingerprint density at radius 1 is 1.11 bits per heavy atom. The van der Waals surface area contributed by atoms with Gasteiger partial charge in [0.15, 0.2) is 0 Å². The van der Waals surface area contributed by atoms with Crippen molar-refractivity contribution < 1.29 is 14.3 Å². The van der Waals surface area contributed by atoms with E-state index in [9.17, 15) is 10.1 Å². The summed E-state index contributed by atoms with van der Waals surface area (Å²) >= 11 is 0. The van der Waals surface area contributed by atoms with Gasteiger partial charge in [-0.25, -0.2) is 19.7 Å². The molecule has 1 N–H and O–H groups in total. The molecule has 44 heavy (non-hydrogen) atoms. The highest BCUT2D eigenvalue weighted by atomic mass is 16.6. The van der Waals surface area contributed by atoms with Crippen LogP contribution in [-0.4, -0.2) is 50.7 Å². The molecule has 3 heterocycles. The Kier molecular flexibility index (Phi) is 9.29. The van der Waals surface area contributed by atoms with Crippen LogP contribution < -0.4 is 10.1 Å². The fourth-order valence-corrected chi connectivity index (χ4v) is 5.41. The van der Waals surface area contributed by atoms with E-state index in [0.29, 0.717) is 30.6 Å². The normalized spacial score (nSPS) is 15.8. The molecule has 1 aliphatic heterocycles. The quantitative estimate of drug-likeness (QED) is 0.221. The summed E-state index contributed by atoms with van der Waals surface area (Å²) in [4.78, 5) is 28.3. The number of piperidine rings is 1. The van der Waals surface area contributed by atoms with Crippen LogP contribution in [0.15, 0.2) is 60.9 Å². The summed E-state index contributed by atoms with van der Waals surface area (Å²) in [5.74, 6) is 1.67. The number of hydrogen-bond acceptors (Lipinski definition) is 8. The summed E-state index contributed by atoms with van der Waals surface area (Å²) in [6.07, 6.45) is 6.50. The molecule has 0 aliphatic carbocycles. The fraction of sp³-hybridized carbons (Fsp3) is 0.400. The number of aryl methyl sites for hydroxylation is 2. The van der Waals surface area contributed by atoms with Gasteiger partial charge in [0.2, 0.25) is 11.8 Å². The van der Waals surface area contributed by atoms with Gasteiger partial charge in [0.25, 0.3) is 0 Å². The summed E-state index contributed by atoms with van der Waals surface area (Å²) in [6.45, 7) is 10.8. The maximum absolute atomic E-state index is 12.6. The number of nitrogens with zero attached hydrogens (tertiary/aromatic N) is 5. The molecule has 9 nitrogen and oxygen atoms in total. The molecular weight excluding hydrogens is 552 g/mol. The van der Waals surface area contributed by atoms with Crippen LogP contribution in [-0.2, 0) is 11.2 Å². The number of nitrogens with one attached hydrogen (secondary N) is 1. The molecule has 0 spiro atoms. The molecule has 5 rings (SSSR count). The minimum atomic E-state index is -0.540. The van der Waals surface area contributed by atoms with E-state index in [4.69, 9.17) is 14.5 Å². The first-order chi connectivity index (χ1) is 21.1. The van der Waals surface area contributed by atoms with Crippen molar-refractivity contribution in [2.75, 3.05) is 18.4 Å². The molecular formula is C35H40N6O3. The van der Waals surface area contributed by atoms with E-state index in [1.807, 2.05) is 58.9 Å².